The summed E-state index contributed by atoms with van der Waals surface area (Å²) in [4.78, 5) is 44.0. The van der Waals surface area contributed by atoms with E-state index in [4.69, 9.17) is 0 Å². The minimum absolute atomic E-state index is 0.0213. The number of aryl methyl sites for hydroxylation is 1. The van der Waals surface area contributed by atoms with Crippen molar-refractivity contribution in [3.63, 3.8) is 0 Å². The Morgan fingerprint density at radius 2 is 2.04 bits per heavy atom. The molecule has 0 aliphatic carbocycles. The van der Waals surface area contributed by atoms with Crippen LogP contribution < -0.4 is 5.56 Å². The average Bonchev–Trinajstić information content (AvgIpc) is 3.20. The average molecular weight is 383 g/mol. The summed E-state index contributed by atoms with van der Waals surface area (Å²) < 4.78 is 1.45. The molecular weight excluding hydrogens is 370 g/mol. The normalized spacial score (nSPS) is 16.2. The third kappa shape index (κ3) is 2.97. The first-order valence-electron chi connectivity index (χ1n) is 7.80. The lowest BCUT2D eigenvalue weighted by atomic mass is 10.2. The molecule has 0 saturated carbocycles. The monoisotopic (exact) mass is 383 g/mol. The van der Waals surface area contributed by atoms with E-state index in [1.807, 2.05) is 30.5 Å². The minimum atomic E-state index is -0.361. The van der Waals surface area contributed by atoms with Crippen molar-refractivity contribution in [2.24, 2.45) is 0 Å². The fourth-order valence-corrected chi connectivity index (χ4v) is 4.25. The molecule has 0 N–H and O–H groups in total. The number of thiophene rings is 1. The van der Waals surface area contributed by atoms with Crippen molar-refractivity contribution in [3.05, 3.63) is 73.3 Å². The molecule has 4 heterocycles. The van der Waals surface area contributed by atoms with Crippen LogP contribution in [0.25, 0.3) is 11.7 Å². The number of rotatable bonds is 3. The van der Waals surface area contributed by atoms with E-state index in [2.05, 4.69) is 4.98 Å². The fourth-order valence-electron chi connectivity index (χ4n) is 2.69. The number of thioether (sulfide) groups is 1. The van der Waals surface area contributed by atoms with E-state index in [0.29, 0.717) is 16.2 Å². The molecule has 3 aromatic rings. The van der Waals surface area contributed by atoms with Crippen molar-refractivity contribution in [2.45, 2.75) is 13.5 Å². The van der Waals surface area contributed by atoms with Gasteiger partial charge in [0.2, 0.25) is 0 Å². The molecule has 2 amide bonds. The van der Waals surface area contributed by atoms with Crippen molar-refractivity contribution in [1.29, 1.82) is 0 Å². The Morgan fingerprint density at radius 1 is 1.19 bits per heavy atom. The van der Waals surface area contributed by atoms with Crippen LogP contribution in [0.2, 0.25) is 0 Å². The second-order valence-electron chi connectivity index (χ2n) is 5.75. The summed E-state index contributed by atoms with van der Waals surface area (Å²) in [6, 6.07) is 8.76. The molecule has 8 heteroatoms. The number of aromatic nitrogens is 2. The molecule has 130 valence electrons. The zero-order chi connectivity index (χ0) is 18.3. The lowest BCUT2D eigenvalue weighted by molar-refractivity contribution is -0.123. The van der Waals surface area contributed by atoms with Crippen LogP contribution in [0.5, 0.6) is 0 Å². The Hall–Kier alpha value is -2.71. The van der Waals surface area contributed by atoms with Gasteiger partial charge in [0.25, 0.3) is 16.7 Å². The highest BCUT2D eigenvalue weighted by atomic mass is 32.2. The highest BCUT2D eigenvalue weighted by molar-refractivity contribution is 8.18. The Balaban J connectivity index is 1.66. The van der Waals surface area contributed by atoms with Gasteiger partial charge in [0.15, 0.2) is 0 Å². The third-order valence-electron chi connectivity index (χ3n) is 3.95. The Bertz CT molecular complexity index is 1120. The van der Waals surface area contributed by atoms with Crippen molar-refractivity contribution in [2.75, 3.05) is 0 Å². The van der Waals surface area contributed by atoms with Gasteiger partial charge < -0.3 is 0 Å². The van der Waals surface area contributed by atoms with Gasteiger partial charge in [-0.25, -0.2) is 4.98 Å². The third-order valence-corrected chi connectivity index (χ3v) is 5.68. The number of imide groups is 1. The molecule has 0 spiro atoms. The van der Waals surface area contributed by atoms with Crippen molar-refractivity contribution in [1.82, 2.24) is 14.3 Å². The smallest absolute Gasteiger partial charge is 0.269 e. The van der Waals surface area contributed by atoms with Crippen LogP contribution in [0, 0.1) is 6.92 Å². The predicted molar refractivity (Wildman–Crippen MR) is 102 cm³/mol. The molecule has 1 saturated heterocycles. The maximum atomic E-state index is 12.6. The van der Waals surface area contributed by atoms with E-state index in [1.165, 1.54) is 21.8 Å². The zero-order valence-corrected chi connectivity index (χ0v) is 15.3. The van der Waals surface area contributed by atoms with Crippen LogP contribution in [0.3, 0.4) is 0 Å². The first-order chi connectivity index (χ1) is 12.5. The van der Waals surface area contributed by atoms with Crippen molar-refractivity contribution < 1.29 is 9.59 Å². The minimum Gasteiger partial charge on any atom is -0.269 e. The standard InChI is InChI=1S/C18H13N3O3S2/c1-11-4-2-6-20-15(22)8-12(19-16(11)20)10-21-17(23)14(26-18(21)24)9-13-5-3-7-25-13/h2-9H,10H2,1H3/b14-9-. The zero-order valence-electron chi connectivity index (χ0n) is 13.7. The second-order valence-corrected chi connectivity index (χ2v) is 7.73. The molecule has 1 fully saturated rings. The van der Waals surface area contributed by atoms with E-state index in [0.717, 1.165) is 27.1 Å². The molecule has 26 heavy (non-hydrogen) atoms. The van der Waals surface area contributed by atoms with Crippen LogP contribution >= 0.6 is 23.1 Å². The highest BCUT2D eigenvalue weighted by Crippen LogP contribution is 2.33. The molecular formula is C18H13N3O3S2. The predicted octanol–water partition coefficient (Wildman–Crippen LogP) is 3.30. The quantitative estimate of drug-likeness (QED) is 0.649. The summed E-state index contributed by atoms with van der Waals surface area (Å²) in [6.45, 7) is 1.84. The Labute approximate surface area is 156 Å². The van der Waals surface area contributed by atoms with Gasteiger partial charge in [-0.15, -0.1) is 11.3 Å². The lowest BCUT2D eigenvalue weighted by Gasteiger charge is -2.12. The van der Waals surface area contributed by atoms with Gasteiger partial charge in [-0.2, -0.15) is 0 Å². The molecule has 4 rings (SSSR count). The number of hydrogen-bond acceptors (Lipinski definition) is 6. The Morgan fingerprint density at radius 3 is 2.81 bits per heavy atom. The molecule has 0 atom stereocenters. The number of fused-ring (bicyclic) bond motifs is 1. The molecule has 6 nitrogen and oxygen atoms in total. The number of nitrogens with zero attached hydrogens (tertiary/aromatic N) is 3. The van der Waals surface area contributed by atoms with E-state index >= 15 is 0 Å². The number of carbonyl (C=O) groups excluding carboxylic acids is 2. The van der Waals surface area contributed by atoms with E-state index in [-0.39, 0.29) is 23.3 Å². The summed E-state index contributed by atoms with van der Waals surface area (Å²) in [5.74, 6) is -0.361. The molecule has 0 radical (unpaired) electrons. The van der Waals surface area contributed by atoms with Crippen molar-refractivity contribution in [3.8, 4) is 0 Å². The summed E-state index contributed by atoms with van der Waals surface area (Å²) in [6.07, 6.45) is 3.35. The molecule has 0 unspecified atom stereocenters. The fraction of sp³-hybridized carbons (Fsp3) is 0.111. The topological polar surface area (TPSA) is 71.8 Å². The first kappa shape index (κ1) is 16.7. The largest absolute Gasteiger partial charge is 0.293 e. The van der Waals surface area contributed by atoms with Gasteiger partial charge in [0.05, 0.1) is 17.1 Å². The van der Waals surface area contributed by atoms with Gasteiger partial charge in [-0.05, 0) is 47.8 Å². The number of pyridine rings is 1. The van der Waals surface area contributed by atoms with Gasteiger partial charge in [0, 0.05) is 17.1 Å². The highest BCUT2D eigenvalue weighted by Gasteiger charge is 2.35. The SMILES string of the molecule is Cc1cccn2c(=O)cc(CN3C(=O)S/C(=C\c4cccs4)C3=O)nc12. The van der Waals surface area contributed by atoms with E-state index in [9.17, 15) is 14.4 Å². The van der Waals surface area contributed by atoms with Gasteiger partial charge >= 0.3 is 0 Å². The number of amides is 2. The van der Waals surface area contributed by atoms with Crippen LogP contribution in [0.1, 0.15) is 16.1 Å². The van der Waals surface area contributed by atoms with Crippen LogP contribution in [0.15, 0.2) is 51.6 Å². The summed E-state index contributed by atoms with van der Waals surface area (Å²) in [7, 11) is 0. The molecule has 1 aliphatic heterocycles. The summed E-state index contributed by atoms with van der Waals surface area (Å²) >= 11 is 2.40. The second kappa shape index (κ2) is 6.54. The first-order valence-corrected chi connectivity index (χ1v) is 9.49. The van der Waals surface area contributed by atoms with Crippen LogP contribution in [-0.4, -0.2) is 25.4 Å². The lowest BCUT2D eigenvalue weighted by Crippen LogP contribution is -2.29. The number of carbonyl (C=O) groups is 2. The van der Waals surface area contributed by atoms with Crippen LogP contribution in [-0.2, 0) is 11.3 Å². The molecule has 0 bridgehead atoms. The summed E-state index contributed by atoms with van der Waals surface area (Å²) in [5.41, 5.74) is 1.52. The maximum Gasteiger partial charge on any atom is 0.293 e. The molecule has 0 aromatic carbocycles. The van der Waals surface area contributed by atoms with Crippen LogP contribution in [0.4, 0.5) is 4.79 Å². The van der Waals surface area contributed by atoms with Gasteiger partial charge in [0.1, 0.15) is 5.65 Å². The number of hydrogen-bond donors (Lipinski definition) is 0. The Kier molecular flexibility index (Phi) is 4.21. The van der Waals surface area contributed by atoms with Gasteiger partial charge in [-0.1, -0.05) is 12.1 Å². The maximum absolute atomic E-state index is 12.6. The van der Waals surface area contributed by atoms with E-state index in [1.54, 1.807) is 18.3 Å². The van der Waals surface area contributed by atoms with E-state index < -0.39 is 0 Å². The van der Waals surface area contributed by atoms with Gasteiger partial charge in [-0.3, -0.25) is 23.7 Å². The molecule has 3 aromatic heterocycles. The molecule has 1 aliphatic rings. The summed E-state index contributed by atoms with van der Waals surface area (Å²) in [5, 5.41) is 1.55. The van der Waals surface area contributed by atoms with Crippen molar-refractivity contribution >= 4 is 46.0 Å².